The summed E-state index contributed by atoms with van der Waals surface area (Å²) in [5, 5.41) is 3.27. The van der Waals surface area contributed by atoms with Crippen LogP contribution in [-0.4, -0.2) is 49.7 Å². The molecule has 0 bridgehead atoms. The van der Waals surface area contributed by atoms with Gasteiger partial charge < -0.3 is 15.0 Å². The molecule has 1 N–H and O–H groups in total. The van der Waals surface area contributed by atoms with Crippen molar-refractivity contribution in [1.29, 1.82) is 0 Å². The summed E-state index contributed by atoms with van der Waals surface area (Å²) in [5.74, 6) is 0.701. The van der Waals surface area contributed by atoms with Crippen LogP contribution in [0.4, 0.5) is 0 Å². The largest absolute Gasteiger partial charge is 0.468 e. The quantitative estimate of drug-likeness (QED) is 0.685. The van der Waals surface area contributed by atoms with Crippen LogP contribution >= 0.6 is 0 Å². The highest BCUT2D eigenvalue weighted by Crippen LogP contribution is 2.22. The van der Waals surface area contributed by atoms with E-state index in [1.165, 1.54) is 39.5 Å². The van der Waals surface area contributed by atoms with Crippen LogP contribution in [0.25, 0.3) is 0 Å². The van der Waals surface area contributed by atoms with E-state index >= 15 is 0 Å². The van der Waals surface area contributed by atoms with Crippen LogP contribution < -0.4 is 5.32 Å². The van der Waals surface area contributed by atoms with Crippen molar-refractivity contribution in [2.75, 3.05) is 33.3 Å². The Morgan fingerprint density at radius 1 is 1.47 bits per heavy atom. The van der Waals surface area contributed by atoms with Crippen LogP contribution in [0.1, 0.15) is 46.5 Å². The zero-order valence-corrected chi connectivity index (χ0v) is 13.0. The van der Waals surface area contributed by atoms with Crippen molar-refractivity contribution in [3.63, 3.8) is 0 Å². The third kappa shape index (κ3) is 4.77. The van der Waals surface area contributed by atoms with E-state index in [4.69, 9.17) is 4.74 Å². The number of nitrogens with one attached hydrogen (secondary N) is 1. The average Bonchev–Trinajstić information content (AvgIpc) is 2.84. The van der Waals surface area contributed by atoms with E-state index in [2.05, 4.69) is 17.1 Å². The molecule has 0 amide bonds. The van der Waals surface area contributed by atoms with E-state index in [0.29, 0.717) is 0 Å². The zero-order valence-electron chi connectivity index (χ0n) is 13.0. The SMILES string of the molecule is CCCC1CCN(CCC(C)(NCC)C(=O)OC)C1. The van der Waals surface area contributed by atoms with E-state index < -0.39 is 5.54 Å². The molecule has 0 aromatic carbocycles. The van der Waals surface area contributed by atoms with Crippen LogP contribution in [0.5, 0.6) is 0 Å². The van der Waals surface area contributed by atoms with Gasteiger partial charge in [0, 0.05) is 13.1 Å². The van der Waals surface area contributed by atoms with Crippen molar-refractivity contribution >= 4 is 5.97 Å². The molecule has 1 aliphatic heterocycles. The minimum Gasteiger partial charge on any atom is -0.468 e. The van der Waals surface area contributed by atoms with Gasteiger partial charge in [0.15, 0.2) is 0 Å². The van der Waals surface area contributed by atoms with Gasteiger partial charge in [-0.2, -0.15) is 0 Å². The lowest BCUT2D eigenvalue weighted by molar-refractivity contribution is -0.148. The first-order valence-corrected chi connectivity index (χ1v) is 7.61. The Morgan fingerprint density at radius 2 is 2.21 bits per heavy atom. The molecule has 1 saturated heterocycles. The lowest BCUT2D eigenvalue weighted by Gasteiger charge is -2.29. The standard InChI is InChI=1S/C15H30N2O2/c1-5-7-13-8-10-17(12-13)11-9-15(3,16-6-2)14(18)19-4/h13,16H,5-12H2,1-4H3. The maximum Gasteiger partial charge on any atom is 0.325 e. The van der Waals surface area contributed by atoms with Gasteiger partial charge in [-0.3, -0.25) is 4.79 Å². The van der Waals surface area contributed by atoms with Gasteiger partial charge in [-0.1, -0.05) is 20.3 Å². The topological polar surface area (TPSA) is 41.6 Å². The molecule has 0 aromatic heterocycles. The highest BCUT2D eigenvalue weighted by atomic mass is 16.5. The number of ether oxygens (including phenoxy) is 1. The van der Waals surface area contributed by atoms with Crippen LogP contribution in [-0.2, 0) is 9.53 Å². The van der Waals surface area contributed by atoms with E-state index in [-0.39, 0.29) is 5.97 Å². The Hall–Kier alpha value is -0.610. The van der Waals surface area contributed by atoms with Crippen molar-refractivity contribution in [1.82, 2.24) is 10.2 Å². The number of hydrogen-bond acceptors (Lipinski definition) is 4. The third-order valence-corrected chi connectivity index (χ3v) is 4.20. The predicted molar refractivity (Wildman–Crippen MR) is 78.2 cm³/mol. The monoisotopic (exact) mass is 270 g/mol. The fourth-order valence-corrected chi connectivity index (χ4v) is 3.02. The number of nitrogens with zero attached hydrogens (tertiary/aromatic N) is 1. The molecule has 4 heteroatoms. The van der Waals surface area contributed by atoms with Crippen LogP contribution in [0.2, 0.25) is 0 Å². The predicted octanol–water partition coefficient (Wildman–Crippen LogP) is 2.04. The molecule has 112 valence electrons. The van der Waals surface area contributed by atoms with Crippen molar-refractivity contribution in [2.24, 2.45) is 5.92 Å². The van der Waals surface area contributed by atoms with Gasteiger partial charge in [-0.05, 0) is 45.2 Å². The maximum absolute atomic E-state index is 11.9. The molecule has 1 aliphatic rings. The summed E-state index contributed by atoms with van der Waals surface area (Å²) < 4.78 is 4.92. The molecule has 2 atom stereocenters. The van der Waals surface area contributed by atoms with Crippen LogP contribution in [0.15, 0.2) is 0 Å². The van der Waals surface area contributed by atoms with Crippen LogP contribution in [0, 0.1) is 5.92 Å². The molecule has 4 nitrogen and oxygen atoms in total. The molecule has 1 rings (SSSR count). The number of methoxy groups -OCH3 is 1. The summed E-state index contributed by atoms with van der Waals surface area (Å²) in [6, 6.07) is 0. The smallest absolute Gasteiger partial charge is 0.325 e. The number of esters is 1. The Labute approximate surface area is 117 Å². The summed E-state index contributed by atoms with van der Waals surface area (Å²) in [6.07, 6.45) is 4.73. The fourth-order valence-electron chi connectivity index (χ4n) is 3.02. The number of likely N-dealkylation sites (tertiary alicyclic amines) is 1. The summed E-state index contributed by atoms with van der Waals surface area (Å²) in [5.41, 5.74) is -0.549. The molecule has 19 heavy (non-hydrogen) atoms. The molecule has 0 saturated carbocycles. The highest BCUT2D eigenvalue weighted by Gasteiger charge is 2.34. The Balaban J connectivity index is 2.42. The molecule has 2 unspecified atom stereocenters. The van der Waals surface area contributed by atoms with E-state index in [1.54, 1.807) is 0 Å². The van der Waals surface area contributed by atoms with Gasteiger partial charge in [0.1, 0.15) is 5.54 Å². The van der Waals surface area contributed by atoms with Crippen molar-refractivity contribution < 1.29 is 9.53 Å². The normalized spacial score (nSPS) is 23.3. The maximum atomic E-state index is 11.9. The molecule has 0 aromatic rings. The fraction of sp³-hybridized carbons (Fsp3) is 0.933. The van der Waals surface area contributed by atoms with Crippen molar-refractivity contribution in [3.05, 3.63) is 0 Å². The Morgan fingerprint density at radius 3 is 2.79 bits per heavy atom. The molecule has 0 spiro atoms. The second kappa shape index (κ2) is 7.85. The van der Waals surface area contributed by atoms with Gasteiger partial charge in [0.25, 0.3) is 0 Å². The van der Waals surface area contributed by atoms with Gasteiger partial charge in [0.05, 0.1) is 7.11 Å². The zero-order chi connectivity index (χ0) is 14.3. The molecule has 1 fully saturated rings. The number of carbonyl (C=O) groups is 1. The molecule has 0 radical (unpaired) electrons. The second-order valence-electron chi connectivity index (χ2n) is 5.85. The molecule has 1 heterocycles. The van der Waals surface area contributed by atoms with Crippen molar-refractivity contribution in [3.8, 4) is 0 Å². The molecular formula is C15H30N2O2. The first kappa shape index (κ1) is 16.4. The summed E-state index contributed by atoms with van der Waals surface area (Å²) in [6.45, 7) is 10.3. The summed E-state index contributed by atoms with van der Waals surface area (Å²) >= 11 is 0. The molecular weight excluding hydrogens is 240 g/mol. The first-order chi connectivity index (χ1) is 9.05. The van der Waals surface area contributed by atoms with E-state index in [9.17, 15) is 4.79 Å². The minimum absolute atomic E-state index is 0.154. The average molecular weight is 270 g/mol. The summed E-state index contributed by atoms with van der Waals surface area (Å²) in [7, 11) is 1.46. The first-order valence-electron chi connectivity index (χ1n) is 7.61. The lowest BCUT2D eigenvalue weighted by atomic mass is 9.97. The lowest BCUT2D eigenvalue weighted by Crippen LogP contribution is -2.51. The Bertz CT molecular complexity index is 283. The van der Waals surface area contributed by atoms with Crippen molar-refractivity contribution in [2.45, 2.75) is 52.0 Å². The second-order valence-corrected chi connectivity index (χ2v) is 5.85. The van der Waals surface area contributed by atoms with E-state index in [0.717, 1.165) is 25.4 Å². The minimum atomic E-state index is -0.549. The third-order valence-electron chi connectivity index (χ3n) is 4.20. The number of carbonyl (C=O) groups excluding carboxylic acids is 1. The molecule has 0 aliphatic carbocycles. The van der Waals surface area contributed by atoms with Gasteiger partial charge in [0.2, 0.25) is 0 Å². The summed E-state index contributed by atoms with van der Waals surface area (Å²) in [4.78, 5) is 14.4. The number of likely N-dealkylation sites (N-methyl/N-ethyl adjacent to an activating group) is 1. The van der Waals surface area contributed by atoms with Crippen LogP contribution in [0.3, 0.4) is 0 Å². The number of hydrogen-bond donors (Lipinski definition) is 1. The Kier molecular flexibility index (Phi) is 6.80. The van der Waals surface area contributed by atoms with Gasteiger partial charge in [-0.15, -0.1) is 0 Å². The number of rotatable bonds is 8. The highest BCUT2D eigenvalue weighted by molar-refractivity contribution is 5.80. The van der Waals surface area contributed by atoms with Gasteiger partial charge >= 0.3 is 5.97 Å². The van der Waals surface area contributed by atoms with Gasteiger partial charge in [-0.25, -0.2) is 0 Å². The van der Waals surface area contributed by atoms with E-state index in [1.807, 2.05) is 13.8 Å².